The van der Waals surface area contributed by atoms with Crippen LogP contribution in [0.25, 0.3) is 0 Å². The first-order valence-electron chi connectivity index (χ1n) is 16.6. The summed E-state index contributed by atoms with van der Waals surface area (Å²) in [6, 6.07) is -1.24. The summed E-state index contributed by atoms with van der Waals surface area (Å²) in [5, 5.41) is 0. The van der Waals surface area contributed by atoms with Crippen molar-refractivity contribution < 1.29 is 84.6 Å². The van der Waals surface area contributed by atoms with Crippen LogP contribution in [0.1, 0.15) is 53.4 Å². The number of nitrogens with zero attached hydrogens (tertiary/aromatic N) is 4. The summed E-state index contributed by atoms with van der Waals surface area (Å²) in [6.45, 7) is 5.44. The summed E-state index contributed by atoms with van der Waals surface area (Å²) < 4.78 is 97.6. The highest BCUT2D eigenvalue weighted by molar-refractivity contribution is 7.54. The lowest BCUT2D eigenvalue weighted by Crippen LogP contribution is -2.56. The topological polar surface area (TPSA) is 314 Å². The van der Waals surface area contributed by atoms with Gasteiger partial charge in [-0.1, -0.05) is 12.8 Å². The largest absolute Gasteiger partial charge is 0.344 e. The molecule has 0 radical (unpaired) electrons. The number of hydrogen-bond acceptors (Lipinski definition) is 14. The summed E-state index contributed by atoms with van der Waals surface area (Å²) in [4.78, 5) is 82.2. The minimum atomic E-state index is -4.80. The first-order chi connectivity index (χ1) is 23.8. The van der Waals surface area contributed by atoms with Crippen molar-refractivity contribution in [3.8, 4) is 0 Å². The smallest absolute Gasteiger partial charge is 0.324 e. The average Bonchev–Trinajstić information content (AvgIpc) is 2.94. The number of rotatable bonds is 28. The third kappa shape index (κ3) is 21.9. The predicted octanol–water partition coefficient (Wildman–Crippen LogP) is 2.49. The zero-order valence-electron chi connectivity index (χ0n) is 30.0. The molecule has 1 saturated carbocycles. The van der Waals surface area contributed by atoms with E-state index in [4.69, 9.17) is 18.1 Å². The molecule has 0 saturated heterocycles. The molecule has 1 rings (SSSR count). The monoisotopic (exact) mass is 876 g/mol. The van der Waals surface area contributed by atoms with Gasteiger partial charge in [-0.25, -0.2) is 0 Å². The fourth-order valence-corrected chi connectivity index (χ4v) is 13.1. The molecule has 1 aliphatic carbocycles. The van der Waals surface area contributed by atoms with Crippen molar-refractivity contribution in [3.63, 3.8) is 0 Å². The molecule has 0 aliphatic heterocycles. The fraction of sp³-hybridized carbons (Fsp3) is 1.00. The summed E-state index contributed by atoms with van der Waals surface area (Å²) >= 11 is 0. The Bertz CT molecular complexity index is 1190. The standard InChI is InChI=1S/C24H58N4O18P6/c1-5-43-51(41,44-6-2)21-27(15-13-25(17-47(29,30)31)18-48(32,33)34)23-11-9-10-12-24(23)28(22-52(42,45-7-3)46-8-4)16-14-26(19-49(35,36)37)20-50(38,39)40/h23-24H,5-22H2,1-4H3,(H2,29,30,31)(H2,32,33,34)(H2,35,36,37)(H2,38,39,40)/t23-,24-/m1/s1. The van der Waals surface area contributed by atoms with Crippen LogP contribution in [0.3, 0.4) is 0 Å². The molecule has 2 atom stereocenters. The Morgan fingerprint density at radius 3 is 0.904 bits per heavy atom. The van der Waals surface area contributed by atoms with E-state index in [0.717, 1.165) is 9.80 Å². The van der Waals surface area contributed by atoms with Gasteiger partial charge in [-0.05, 0) is 40.5 Å². The lowest BCUT2D eigenvalue weighted by molar-refractivity contribution is 0.0474. The van der Waals surface area contributed by atoms with Gasteiger partial charge >= 0.3 is 45.6 Å². The second-order valence-corrected chi connectivity index (χ2v) is 22.7. The van der Waals surface area contributed by atoms with E-state index >= 15 is 0 Å². The highest BCUT2D eigenvalue weighted by Crippen LogP contribution is 2.52. The van der Waals surface area contributed by atoms with Gasteiger partial charge in [0.15, 0.2) is 0 Å². The SMILES string of the molecule is CCOP(=O)(CN(CCN(CP(=O)(O)O)CP(=O)(O)O)[C@@H]1CCCC[C@H]1N(CCN(CP(=O)(O)O)CP(=O)(O)O)CP(=O)(OCC)OCC)OCC. The van der Waals surface area contributed by atoms with Crippen molar-refractivity contribution >= 4 is 45.6 Å². The van der Waals surface area contributed by atoms with E-state index in [9.17, 15) is 66.5 Å². The van der Waals surface area contributed by atoms with E-state index in [1.54, 1.807) is 37.5 Å². The molecule has 0 bridgehead atoms. The first-order valence-corrected chi connectivity index (χ1v) is 27.3. The van der Waals surface area contributed by atoms with Crippen molar-refractivity contribution in [2.24, 2.45) is 0 Å². The van der Waals surface area contributed by atoms with Crippen molar-refractivity contribution in [1.82, 2.24) is 19.6 Å². The summed E-state index contributed by atoms with van der Waals surface area (Å²) in [5.74, 6) is 0. The highest BCUT2D eigenvalue weighted by atomic mass is 31.2. The minimum Gasteiger partial charge on any atom is -0.324 e. The van der Waals surface area contributed by atoms with Crippen LogP contribution in [-0.2, 0) is 45.5 Å². The molecule has 22 nitrogen and oxygen atoms in total. The van der Waals surface area contributed by atoms with Crippen LogP contribution in [0.4, 0.5) is 0 Å². The third-order valence-corrected chi connectivity index (χ3v) is 14.7. The van der Waals surface area contributed by atoms with Crippen LogP contribution in [0, 0.1) is 0 Å². The third-order valence-electron chi connectivity index (χ3n) is 7.59. The van der Waals surface area contributed by atoms with E-state index in [1.807, 2.05) is 0 Å². The lowest BCUT2D eigenvalue weighted by atomic mass is 9.88. The van der Waals surface area contributed by atoms with E-state index in [-0.39, 0.29) is 65.2 Å². The van der Waals surface area contributed by atoms with Crippen molar-refractivity contribution in [1.29, 1.82) is 0 Å². The molecule has 0 spiro atoms. The summed E-state index contributed by atoms with van der Waals surface area (Å²) in [7, 11) is -27.0. The lowest BCUT2D eigenvalue weighted by Gasteiger charge is -2.46. The van der Waals surface area contributed by atoms with Crippen molar-refractivity contribution in [2.45, 2.75) is 65.5 Å². The molecule has 312 valence electrons. The minimum absolute atomic E-state index is 0.00521. The second kappa shape index (κ2) is 22.6. The van der Waals surface area contributed by atoms with E-state index in [0.29, 0.717) is 25.7 Å². The Morgan fingerprint density at radius 1 is 0.442 bits per heavy atom. The zero-order valence-corrected chi connectivity index (χ0v) is 35.4. The van der Waals surface area contributed by atoms with Crippen LogP contribution in [0.5, 0.6) is 0 Å². The van der Waals surface area contributed by atoms with Crippen LogP contribution in [0.15, 0.2) is 0 Å². The van der Waals surface area contributed by atoms with Gasteiger partial charge in [0.2, 0.25) is 0 Å². The van der Waals surface area contributed by atoms with Crippen molar-refractivity contribution in [3.05, 3.63) is 0 Å². The van der Waals surface area contributed by atoms with E-state index < -0.39 is 82.8 Å². The Balaban J connectivity index is 3.77. The predicted molar refractivity (Wildman–Crippen MR) is 192 cm³/mol. The Morgan fingerprint density at radius 2 is 0.692 bits per heavy atom. The highest BCUT2D eigenvalue weighted by Gasteiger charge is 2.41. The maximum absolute atomic E-state index is 13.9. The molecule has 0 aromatic carbocycles. The molecule has 28 heteroatoms. The second-order valence-electron chi connectivity index (χ2n) is 12.2. The number of hydrogen-bond donors (Lipinski definition) is 8. The average molecular weight is 877 g/mol. The molecule has 1 aliphatic rings. The van der Waals surface area contributed by atoms with Gasteiger partial charge in [-0.2, -0.15) is 0 Å². The van der Waals surface area contributed by atoms with E-state index in [2.05, 4.69) is 0 Å². The van der Waals surface area contributed by atoms with Crippen LogP contribution >= 0.6 is 45.6 Å². The quantitative estimate of drug-likeness (QED) is 0.0524. The van der Waals surface area contributed by atoms with Crippen LogP contribution in [-0.4, -0.2) is 161 Å². The first kappa shape index (κ1) is 50.8. The molecule has 0 unspecified atom stereocenters. The fourth-order valence-electron chi connectivity index (χ4n) is 6.05. The molecule has 0 amide bonds. The molecule has 8 N–H and O–H groups in total. The zero-order chi connectivity index (χ0) is 40.0. The van der Waals surface area contributed by atoms with Crippen LogP contribution < -0.4 is 0 Å². The van der Waals surface area contributed by atoms with Gasteiger partial charge in [-0.15, -0.1) is 0 Å². The Labute approximate surface area is 305 Å². The molecule has 0 heterocycles. The maximum Gasteiger partial charge on any atom is 0.344 e. The molecule has 0 aromatic heterocycles. The Hall–Kier alpha value is 0.740. The molecule has 1 fully saturated rings. The van der Waals surface area contributed by atoms with E-state index in [1.165, 1.54) is 0 Å². The maximum atomic E-state index is 13.9. The van der Waals surface area contributed by atoms with Gasteiger partial charge in [0.1, 0.15) is 37.7 Å². The van der Waals surface area contributed by atoms with Crippen molar-refractivity contribution in [2.75, 3.05) is 90.3 Å². The van der Waals surface area contributed by atoms with Gasteiger partial charge < -0.3 is 57.2 Å². The molecular formula is C24H58N4O18P6. The Kier molecular flexibility index (Phi) is 22.1. The molecular weight excluding hydrogens is 818 g/mol. The van der Waals surface area contributed by atoms with Crippen LogP contribution in [0.2, 0.25) is 0 Å². The summed E-state index contributed by atoms with van der Waals surface area (Å²) in [6.07, 6.45) is -2.60. The van der Waals surface area contributed by atoms with Gasteiger partial charge in [0, 0.05) is 38.3 Å². The van der Waals surface area contributed by atoms with Gasteiger partial charge in [0.25, 0.3) is 0 Å². The molecule has 52 heavy (non-hydrogen) atoms. The molecule has 0 aromatic rings. The summed E-state index contributed by atoms with van der Waals surface area (Å²) in [5.41, 5.74) is 0. The van der Waals surface area contributed by atoms with Gasteiger partial charge in [-0.3, -0.25) is 47.0 Å². The normalized spacial score (nSPS) is 18.7. The van der Waals surface area contributed by atoms with Gasteiger partial charge in [0.05, 0.1) is 26.4 Å².